The van der Waals surface area contributed by atoms with Crippen LogP contribution in [0.25, 0.3) is 0 Å². The Balaban J connectivity index is 2.19. The lowest BCUT2D eigenvalue weighted by atomic mass is 10.1. The van der Waals surface area contributed by atoms with Gasteiger partial charge in [0.2, 0.25) is 0 Å². The highest BCUT2D eigenvalue weighted by Crippen LogP contribution is 2.26. The molecule has 0 amide bonds. The van der Waals surface area contributed by atoms with Gasteiger partial charge in [0.1, 0.15) is 11.6 Å². The van der Waals surface area contributed by atoms with Crippen molar-refractivity contribution in [2.24, 2.45) is 0 Å². The van der Waals surface area contributed by atoms with Crippen molar-refractivity contribution < 1.29 is 9.13 Å². The molecule has 2 rings (SSSR count). The zero-order chi connectivity index (χ0) is 13.8. The van der Waals surface area contributed by atoms with E-state index >= 15 is 0 Å². The van der Waals surface area contributed by atoms with Crippen molar-refractivity contribution in [3.05, 3.63) is 24.0 Å². The fourth-order valence-electron chi connectivity index (χ4n) is 2.57. The number of hydrogen-bond acceptors (Lipinski definition) is 3. The lowest BCUT2D eigenvalue weighted by Gasteiger charge is -2.32. The number of ether oxygens (including phenoxy) is 1. The number of nitrogens with one attached hydrogen (secondary N) is 1. The number of rotatable bonds is 2. The Bertz CT molecular complexity index is 413. The molecule has 19 heavy (non-hydrogen) atoms. The molecule has 1 heterocycles. The van der Waals surface area contributed by atoms with Crippen molar-refractivity contribution in [3.63, 3.8) is 0 Å². The maximum atomic E-state index is 14.0. The van der Waals surface area contributed by atoms with Crippen LogP contribution < -0.4 is 15.0 Å². The highest BCUT2D eigenvalue weighted by atomic mass is 19.1. The summed E-state index contributed by atoms with van der Waals surface area (Å²) in [5.74, 6) is 0.535. The number of benzene rings is 1. The molecule has 1 aliphatic rings. The molecule has 1 aromatic rings. The number of hydrogen-bond donors (Lipinski definition) is 1. The van der Waals surface area contributed by atoms with E-state index < -0.39 is 0 Å². The quantitative estimate of drug-likeness (QED) is 0.891. The summed E-state index contributed by atoms with van der Waals surface area (Å²) in [6.07, 6.45) is 2.03. The van der Waals surface area contributed by atoms with E-state index in [-0.39, 0.29) is 5.82 Å². The SMILES string of the molecule is COc1ccc(F)c(N2CCC(C)NC(C)CC2)c1. The van der Waals surface area contributed by atoms with Crippen molar-refractivity contribution in [3.8, 4) is 5.75 Å². The molecule has 3 nitrogen and oxygen atoms in total. The average molecular weight is 266 g/mol. The molecule has 0 aromatic heterocycles. The van der Waals surface area contributed by atoms with Gasteiger partial charge in [0.25, 0.3) is 0 Å². The minimum atomic E-state index is -0.172. The van der Waals surface area contributed by atoms with Crippen LogP contribution in [0.1, 0.15) is 26.7 Å². The Hall–Kier alpha value is -1.29. The molecular formula is C15H23FN2O. The summed E-state index contributed by atoms with van der Waals surface area (Å²) in [7, 11) is 1.61. The van der Waals surface area contributed by atoms with Crippen molar-refractivity contribution >= 4 is 5.69 Å². The Kier molecular flexibility index (Phi) is 4.64. The molecule has 1 aromatic carbocycles. The second-order valence-electron chi connectivity index (χ2n) is 5.35. The second kappa shape index (κ2) is 6.24. The van der Waals surface area contributed by atoms with E-state index in [0.29, 0.717) is 23.5 Å². The van der Waals surface area contributed by atoms with Gasteiger partial charge in [-0.1, -0.05) is 0 Å². The summed E-state index contributed by atoms with van der Waals surface area (Å²) in [4.78, 5) is 2.13. The lowest BCUT2D eigenvalue weighted by molar-refractivity contribution is 0.400. The summed E-state index contributed by atoms with van der Waals surface area (Å²) < 4.78 is 19.2. The third-order valence-electron chi connectivity index (χ3n) is 3.73. The molecule has 0 radical (unpaired) electrons. The zero-order valence-corrected chi connectivity index (χ0v) is 11.9. The minimum Gasteiger partial charge on any atom is -0.497 e. The maximum absolute atomic E-state index is 14.0. The van der Waals surface area contributed by atoms with Crippen molar-refractivity contribution in [1.29, 1.82) is 0 Å². The molecule has 2 atom stereocenters. The van der Waals surface area contributed by atoms with E-state index in [1.807, 2.05) is 0 Å². The van der Waals surface area contributed by atoms with E-state index in [0.717, 1.165) is 25.9 Å². The Morgan fingerprint density at radius 2 is 1.84 bits per heavy atom. The molecule has 0 bridgehead atoms. The molecule has 1 aliphatic heterocycles. The molecule has 1 fully saturated rings. The number of nitrogens with zero attached hydrogens (tertiary/aromatic N) is 1. The lowest BCUT2D eigenvalue weighted by Crippen LogP contribution is -2.43. The third-order valence-corrected chi connectivity index (χ3v) is 3.73. The minimum absolute atomic E-state index is 0.172. The normalized spacial score (nSPS) is 24.7. The fraction of sp³-hybridized carbons (Fsp3) is 0.600. The van der Waals surface area contributed by atoms with Gasteiger partial charge in [-0.25, -0.2) is 4.39 Å². The third kappa shape index (κ3) is 3.60. The highest BCUT2D eigenvalue weighted by molar-refractivity contribution is 5.52. The molecule has 0 aliphatic carbocycles. The largest absolute Gasteiger partial charge is 0.497 e. The van der Waals surface area contributed by atoms with Gasteiger partial charge >= 0.3 is 0 Å². The average Bonchev–Trinajstić information content (AvgIpc) is 2.38. The summed E-state index contributed by atoms with van der Waals surface area (Å²) in [5.41, 5.74) is 0.653. The first-order valence-corrected chi connectivity index (χ1v) is 6.94. The second-order valence-corrected chi connectivity index (χ2v) is 5.35. The van der Waals surface area contributed by atoms with Crippen LogP contribution in [0.15, 0.2) is 18.2 Å². The van der Waals surface area contributed by atoms with Crippen molar-refractivity contribution in [1.82, 2.24) is 5.32 Å². The Morgan fingerprint density at radius 1 is 1.21 bits per heavy atom. The maximum Gasteiger partial charge on any atom is 0.146 e. The number of anilines is 1. The van der Waals surface area contributed by atoms with Gasteiger partial charge in [-0.15, -0.1) is 0 Å². The van der Waals surface area contributed by atoms with Crippen LogP contribution in [0.3, 0.4) is 0 Å². The molecule has 0 saturated carbocycles. The number of methoxy groups -OCH3 is 1. The Labute approximate surface area is 114 Å². The van der Waals surface area contributed by atoms with E-state index in [4.69, 9.17) is 4.74 Å². The van der Waals surface area contributed by atoms with E-state index in [2.05, 4.69) is 24.1 Å². The first kappa shape index (κ1) is 14.1. The van der Waals surface area contributed by atoms with Crippen LogP contribution in [0, 0.1) is 5.82 Å². The van der Waals surface area contributed by atoms with Crippen LogP contribution in [0.5, 0.6) is 5.75 Å². The van der Waals surface area contributed by atoms with Crippen molar-refractivity contribution in [2.45, 2.75) is 38.8 Å². The summed E-state index contributed by atoms with van der Waals surface area (Å²) >= 11 is 0. The van der Waals surface area contributed by atoms with E-state index in [9.17, 15) is 4.39 Å². The molecule has 0 spiro atoms. The van der Waals surface area contributed by atoms with E-state index in [1.165, 1.54) is 6.07 Å². The van der Waals surface area contributed by atoms with Gasteiger partial charge in [0.15, 0.2) is 0 Å². The van der Waals surface area contributed by atoms with Crippen LogP contribution >= 0.6 is 0 Å². The van der Waals surface area contributed by atoms with Gasteiger partial charge in [-0.2, -0.15) is 0 Å². The molecule has 2 unspecified atom stereocenters. The molecule has 1 saturated heterocycles. The molecule has 106 valence electrons. The smallest absolute Gasteiger partial charge is 0.146 e. The van der Waals surface area contributed by atoms with Crippen LogP contribution in [0.2, 0.25) is 0 Å². The summed E-state index contributed by atoms with van der Waals surface area (Å²) in [6.45, 7) is 6.10. The van der Waals surface area contributed by atoms with Gasteiger partial charge in [0.05, 0.1) is 12.8 Å². The van der Waals surface area contributed by atoms with Crippen molar-refractivity contribution in [2.75, 3.05) is 25.1 Å². The summed E-state index contributed by atoms with van der Waals surface area (Å²) in [5, 5.41) is 3.55. The summed E-state index contributed by atoms with van der Waals surface area (Å²) in [6, 6.07) is 5.87. The first-order valence-electron chi connectivity index (χ1n) is 6.94. The first-order chi connectivity index (χ1) is 9.10. The van der Waals surface area contributed by atoms with Gasteiger partial charge in [-0.05, 0) is 38.8 Å². The molecular weight excluding hydrogens is 243 g/mol. The topological polar surface area (TPSA) is 24.5 Å². The van der Waals surface area contributed by atoms with Crippen LogP contribution in [-0.2, 0) is 0 Å². The number of halogens is 1. The molecule has 4 heteroatoms. The van der Waals surface area contributed by atoms with Gasteiger partial charge < -0.3 is 15.0 Å². The van der Waals surface area contributed by atoms with Crippen LogP contribution in [-0.4, -0.2) is 32.3 Å². The van der Waals surface area contributed by atoms with Gasteiger partial charge in [-0.3, -0.25) is 0 Å². The predicted octanol–water partition coefficient (Wildman–Crippen LogP) is 2.80. The highest BCUT2D eigenvalue weighted by Gasteiger charge is 2.18. The Morgan fingerprint density at radius 3 is 2.42 bits per heavy atom. The van der Waals surface area contributed by atoms with Gasteiger partial charge in [0, 0.05) is 31.2 Å². The standard InChI is InChI=1S/C15H23FN2O/c1-11-6-8-18(9-7-12(2)17-11)15-10-13(19-3)4-5-14(15)16/h4-5,10-12,17H,6-9H2,1-3H3. The zero-order valence-electron chi connectivity index (χ0n) is 11.9. The fourth-order valence-corrected chi connectivity index (χ4v) is 2.57. The van der Waals surface area contributed by atoms with Crippen LogP contribution in [0.4, 0.5) is 10.1 Å². The monoisotopic (exact) mass is 266 g/mol. The molecule has 1 N–H and O–H groups in total. The van der Waals surface area contributed by atoms with E-state index in [1.54, 1.807) is 19.2 Å². The predicted molar refractivity (Wildman–Crippen MR) is 76.5 cm³/mol.